The molecule has 1 amide bonds. The van der Waals surface area contributed by atoms with Gasteiger partial charge in [0.2, 0.25) is 10.0 Å². The summed E-state index contributed by atoms with van der Waals surface area (Å²) in [7, 11) is -1.04. The molecule has 1 aliphatic rings. The fourth-order valence-electron chi connectivity index (χ4n) is 3.15. The summed E-state index contributed by atoms with van der Waals surface area (Å²) in [4.78, 5) is 16.7. The van der Waals surface area contributed by atoms with Crippen molar-refractivity contribution in [1.82, 2.24) is 9.62 Å². The van der Waals surface area contributed by atoms with E-state index in [1.807, 2.05) is 24.3 Å². The highest BCUT2D eigenvalue weighted by Gasteiger charge is 2.25. The summed E-state index contributed by atoms with van der Waals surface area (Å²) in [6.07, 6.45) is 0. The van der Waals surface area contributed by atoms with E-state index in [1.54, 1.807) is 11.0 Å². The Morgan fingerprint density at radius 1 is 1.11 bits per heavy atom. The number of nitrogens with zero attached hydrogens (tertiary/aromatic N) is 2. The second-order valence-corrected chi connectivity index (χ2v) is 8.62. The third-order valence-electron chi connectivity index (χ3n) is 4.71. The van der Waals surface area contributed by atoms with E-state index in [9.17, 15) is 13.2 Å². The van der Waals surface area contributed by atoms with Crippen molar-refractivity contribution >= 4 is 33.2 Å². The normalized spacial score (nSPS) is 14.8. The van der Waals surface area contributed by atoms with E-state index in [0.717, 1.165) is 5.69 Å². The van der Waals surface area contributed by atoms with Crippen LogP contribution in [0.2, 0.25) is 5.02 Å². The number of halogens is 1. The quantitative estimate of drug-likeness (QED) is 0.797. The van der Waals surface area contributed by atoms with Gasteiger partial charge in [-0.2, -0.15) is 0 Å². The lowest BCUT2D eigenvalue weighted by Crippen LogP contribution is -2.48. The van der Waals surface area contributed by atoms with Gasteiger partial charge >= 0.3 is 0 Å². The van der Waals surface area contributed by atoms with Gasteiger partial charge < -0.3 is 14.5 Å². The first-order valence-corrected chi connectivity index (χ1v) is 10.6. The minimum atomic E-state index is -3.74. The highest BCUT2D eigenvalue weighted by Crippen LogP contribution is 2.26. The fraction of sp³-hybridized carbons (Fsp3) is 0.316. The number of benzene rings is 2. The van der Waals surface area contributed by atoms with Gasteiger partial charge in [-0.3, -0.25) is 4.79 Å². The summed E-state index contributed by atoms with van der Waals surface area (Å²) in [6, 6.07) is 12.1. The van der Waals surface area contributed by atoms with Crippen molar-refractivity contribution in [2.24, 2.45) is 0 Å². The number of nitrogens with one attached hydrogen (secondary N) is 1. The average Bonchev–Trinajstić information content (AvgIpc) is 2.73. The maximum atomic E-state index is 12.9. The van der Waals surface area contributed by atoms with Crippen LogP contribution in [0.25, 0.3) is 0 Å². The number of carbonyl (C=O) groups excluding carboxylic acids is 1. The van der Waals surface area contributed by atoms with Crippen molar-refractivity contribution in [2.45, 2.75) is 4.90 Å². The van der Waals surface area contributed by atoms with Crippen LogP contribution >= 0.6 is 11.6 Å². The van der Waals surface area contributed by atoms with Crippen molar-refractivity contribution in [3.63, 3.8) is 0 Å². The molecule has 1 saturated heterocycles. The molecule has 3 rings (SSSR count). The van der Waals surface area contributed by atoms with Crippen molar-refractivity contribution in [1.29, 1.82) is 0 Å². The zero-order valence-electron chi connectivity index (χ0n) is 15.7. The van der Waals surface area contributed by atoms with E-state index < -0.39 is 10.0 Å². The summed E-state index contributed by atoms with van der Waals surface area (Å²) in [5.41, 5.74) is 1.33. The number of sulfonamides is 1. The molecule has 0 unspecified atom stereocenters. The molecule has 0 bridgehead atoms. The lowest BCUT2D eigenvalue weighted by Gasteiger charge is -2.36. The molecule has 1 heterocycles. The van der Waals surface area contributed by atoms with Crippen LogP contribution in [0, 0.1) is 0 Å². The van der Waals surface area contributed by atoms with Gasteiger partial charge in [0.25, 0.3) is 5.91 Å². The van der Waals surface area contributed by atoms with E-state index in [-0.39, 0.29) is 16.6 Å². The number of hydrogen-bond acceptors (Lipinski definition) is 5. The monoisotopic (exact) mass is 423 g/mol. The van der Waals surface area contributed by atoms with Crippen LogP contribution in [-0.2, 0) is 10.0 Å². The molecule has 28 heavy (non-hydrogen) atoms. The van der Waals surface area contributed by atoms with Crippen LogP contribution < -0.4 is 14.4 Å². The number of rotatable bonds is 5. The number of ether oxygens (including phenoxy) is 1. The minimum absolute atomic E-state index is 0.0547. The maximum Gasteiger partial charge on any atom is 0.254 e. The standard InChI is InChI=1S/C19H22ClN3O4S/c1-21-28(25,26)18-12-14(6-7-17(18)27-2)19(24)23-10-8-22(9-11-23)16-5-3-4-15(20)13-16/h3-7,12-13,21H,8-11H2,1-2H3. The first-order valence-electron chi connectivity index (χ1n) is 8.77. The van der Waals surface area contributed by atoms with Crippen molar-refractivity contribution in [3.05, 3.63) is 53.1 Å². The summed E-state index contributed by atoms with van der Waals surface area (Å²) in [5.74, 6) is -0.0161. The topological polar surface area (TPSA) is 79.0 Å². The van der Waals surface area contributed by atoms with Gasteiger partial charge in [0.05, 0.1) is 7.11 Å². The first-order chi connectivity index (χ1) is 13.4. The van der Waals surface area contributed by atoms with Crippen molar-refractivity contribution in [3.8, 4) is 5.75 Å². The molecule has 9 heteroatoms. The van der Waals surface area contributed by atoms with E-state index in [0.29, 0.717) is 36.8 Å². The molecule has 0 radical (unpaired) electrons. The Bertz CT molecular complexity index is 973. The molecule has 0 aromatic heterocycles. The molecule has 2 aromatic carbocycles. The molecule has 150 valence electrons. The van der Waals surface area contributed by atoms with Crippen molar-refractivity contribution < 1.29 is 17.9 Å². The number of anilines is 1. The molecule has 0 spiro atoms. The van der Waals surface area contributed by atoms with Crippen LogP contribution in [0.15, 0.2) is 47.4 Å². The van der Waals surface area contributed by atoms with Gasteiger partial charge in [-0.15, -0.1) is 0 Å². The SMILES string of the molecule is CNS(=O)(=O)c1cc(C(=O)N2CCN(c3cccc(Cl)c3)CC2)ccc1OC. The van der Waals surface area contributed by atoms with Crippen LogP contribution in [0.1, 0.15) is 10.4 Å². The Labute approximate surface area is 169 Å². The molecule has 1 N–H and O–H groups in total. The van der Waals surface area contributed by atoms with Crippen LogP contribution in [0.3, 0.4) is 0 Å². The fourth-order valence-corrected chi connectivity index (χ4v) is 4.26. The molecule has 0 saturated carbocycles. The number of carbonyl (C=O) groups is 1. The third kappa shape index (κ3) is 4.24. The lowest BCUT2D eigenvalue weighted by molar-refractivity contribution is 0.0746. The Morgan fingerprint density at radius 3 is 2.43 bits per heavy atom. The third-order valence-corrected chi connectivity index (χ3v) is 6.38. The van der Waals surface area contributed by atoms with E-state index in [4.69, 9.17) is 16.3 Å². The number of hydrogen-bond donors (Lipinski definition) is 1. The average molecular weight is 424 g/mol. The molecule has 0 atom stereocenters. The molecular formula is C19H22ClN3O4S. The van der Waals surface area contributed by atoms with Gasteiger partial charge in [0, 0.05) is 42.5 Å². The van der Waals surface area contributed by atoms with Gasteiger partial charge in [-0.05, 0) is 43.4 Å². The largest absolute Gasteiger partial charge is 0.495 e. The predicted molar refractivity (Wildman–Crippen MR) is 109 cm³/mol. The van der Waals surface area contributed by atoms with Gasteiger partial charge in [0.1, 0.15) is 10.6 Å². The van der Waals surface area contributed by atoms with E-state index in [1.165, 1.54) is 26.3 Å². The Morgan fingerprint density at radius 2 is 1.82 bits per heavy atom. The van der Waals surface area contributed by atoms with Crippen LogP contribution in [0.4, 0.5) is 5.69 Å². The first kappa shape index (κ1) is 20.4. The molecule has 1 aliphatic heterocycles. The van der Waals surface area contributed by atoms with Gasteiger partial charge in [0.15, 0.2) is 0 Å². The summed E-state index contributed by atoms with van der Waals surface area (Å²) < 4.78 is 31.8. The second kappa shape index (κ2) is 8.38. The zero-order valence-corrected chi connectivity index (χ0v) is 17.3. The van der Waals surface area contributed by atoms with Gasteiger partial charge in [-0.1, -0.05) is 17.7 Å². The highest BCUT2D eigenvalue weighted by molar-refractivity contribution is 7.89. The molecule has 7 nitrogen and oxygen atoms in total. The predicted octanol–water partition coefficient (Wildman–Crippen LogP) is 2.22. The Hall–Kier alpha value is -2.29. The van der Waals surface area contributed by atoms with Crippen molar-refractivity contribution in [2.75, 3.05) is 45.2 Å². The van der Waals surface area contributed by atoms with Gasteiger partial charge in [-0.25, -0.2) is 13.1 Å². The number of methoxy groups -OCH3 is 1. The smallest absolute Gasteiger partial charge is 0.254 e. The van der Waals surface area contributed by atoms with E-state index >= 15 is 0 Å². The van der Waals surface area contributed by atoms with Crippen LogP contribution in [-0.4, -0.2) is 59.6 Å². The molecule has 1 fully saturated rings. The summed E-state index contributed by atoms with van der Waals surface area (Å²) >= 11 is 6.06. The Kier molecular flexibility index (Phi) is 6.12. The second-order valence-electron chi connectivity index (χ2n) is 6.33. The minimum Gasteiger partial charge on any atom is -0.495 e. The van der Waals surface area contributed by atoms with Crippen LogP contribution in [0.5, 0.6) is 5.75 Å². The maximum absolute atomic E-state index is 12.9. The molecule has 2 aromatic rings. The highest BCUT2D eigenvalue weighted by atomic mass is 35.5. The Balaban J connectivity index is 1.76. The molecule has 0 aliphatic carbocycles. The summed E-state index contributed by atoms with van der Waals surface area (Å²) in [5, 5.41) is 0.674. The number of piperazine rings is 1. The lowest BCUT2D eigenvalue weighted by atomic mass is 10.1. The van der Waals surface area contributed by atoms with E-state index in [2.05, 4.69) is 9.62 Å². The zero-order chi connectivity index (χ0) is 20.3. The number of amides is 1. The summed E-state index contributed by atoms with van der Waals surface area (Å²) in [6.45, 7) is 2.41. The molecular weight excluding hydrogens is 402 g/mol.